The van der Waals surface area contributed by atoms with Crippen LogP contribution in [0.1, 0.15) is 24.8 Å². The van der Waals surface area contributed by atoms with Crippen molar-refractivity contribution in [2.24, 2.45) is 0 Å². The van der Waals surface area contributed by atoms with E-state index in [2.05, 4.69) is 15.3 Å². The SMILES string of the molecule is Cc1cc2cnc(NC3CCN(S(C)(=O)=O)CC3)nc2n(CCCS(=O)Cl)c1=O. The predicted octanol–water partition coefficient (Wildman–Crippen LogP) is 1.23. The van der Waals surface area contributed by atoms with Gasteiger partial charge < -0.3 is 5.32 Å². The van der Waals surface area contributed by atoms with Gasteiger partial charge in [-0.15, -0.1) is 0 Å². The van der Waals surface area contributed by atoms with Crippen LogP contribution in [-0.4, -0.2) is 62.6 Å². The Morgan fingerprint density at radius 2 is 2.03 bits per heavy atom. The molecule has 1 saturated heterocycles. The monoisotopic (exact) mass is 461 g/mol. The van der Waals surface area contributed by atoms with E-state index in [1.54, 1.807) is 23.8 Å². The quantitative estimate of drug-likeness (QED) is 0.616. The molecule has 9 nitrogen and oxygen atoms in total. The predicted molar refractivity (Wildman–Crippen MR) is 115 cm³/mol. The van der Waals surface area contributed by atoms with Crippen molar-refractivity contribution >= 4 is 47.7 Å². The highest BCUT2D eigenvalue weighted by atomic mass is 35.7. The summed E-state index contributed by atoms with van der Waals surface area (Å²) in [5.41, 5.74) is 0.943. The van der Waals surface area contributed by atoms with Crippen molar-refractivity contribution < 1.29 is 12.6 Å². The topological polar surface area (TPSA) is 114 Å². The second-order valence-electron chi connectivity index (χ2n) is 7.18. The summed E-state index contributed by atoms with van der Waals surface area (Å²) in [4.78, 5) is 21.5. The standard InChI is InChI=1S/C17H24ClN5O4S2/c1-12-10-13-11-19-17(20-14-4-7-22(8-5-14)29(2,26)27)21-15(13)23(16(12)24)6-3-9-28(18)25/h10-11,14H,3-9H2,1-2H3,(H,19,20,21). The van der Waals surface area contributed by atoms with Crippen LogP contribution < -0.4 is 10.9 Å². The molecule has 0 amide bonds. The molecule has 1 unspecified atom stereocenters. The largest absolute Gasteiger partial charge is 0.351 e. The Kier molecular flexibility index (Phi) is 6.92. The zero-order chi connectivity index (χ0) is 21.2. The van der Waals surface area contributed by atoms with E-state index in [9.17, 15) is 17.4 Å². The maximum atomic E-state index is 12.6. The summed E-state index contributed by atoms with van der Waals surface area (Å²) in [6.45, 7) is 2.99. The van der Waals surface area contributed by atoms with Gasteiger partial charge in [0.2, 0.25) is 16.0 Å². The Balaban J connectivity index is 1.81. The molecule has 3 heterocycles. The number of hydrogen-bond donors (Lipinski definition) is 1. The third-order valence-corrected chi connectivity index (χ3v) is 7.32. The van der Waals surface area contributed by atoms with E-state index in [4.69, 9.17) is 10.7 Å². The molecule has 1 aliphatic rings. The van der Waals surface area contributed by atoms with Crippen LogP contribution in [0.15, 0.2) is 17.1 Å². The number of pyridine rings is 1. The fourth-order valence-corrected chi connectivity index (χ4v) is 4.99. The molecule has 12 heteroatoms. The fraction of sp³-hybridized carbons (Fsp3) is 0.588. The molecule has 2 aromatic heterocycles. The number of halogens is 1. The molecule has 0 radical (unpaired) electrons. The van der Waals surface area contributed by atoms with Gasteiger partial charge in [-0.25, -0.2) is 21.9 Å². The summed E-state index contributed by atoms with van der Waals surface area (Å²) in [5, 5.41) is 3.99. The van der Waals surface area contributed by atoms with Crippen LogP contribution in [0.5, 0.6) is 0 Å². The van der Waals surface area contributed by atoms with Gasteiger partial charge in [-0.05, 0) is 42.9 Å². The van der Waals surface area contributed by atoms with Gasteiger partial charge in [0.15, 0.2) is 0 Å². The molecule has 0 aliphatic carbocycles. The van der Waals surface area contributed by atoms with Crippen LogP contribution in [0, 0.1) is 6.92 Å². The summed E-state index contributed by atoms with van der Waals surface area (Å²) in [6.07, 6.45) is 4.67. The van der Waals surface area contributed by atoms with Gasteiger partial charge in [0, 0.05) is 48.6 Å². The number of sulfonamides is 1. The van der Waals surface area contributed by atoms with E-state index in [1.807, 2.05) is 0 Å². The molecule has 0 aromatic carbocycles. The first-order chi connectivity index (χ1) is 13.6. The van der Waals surface area contributed by atoms with Crippen molar-refractivity contribution in [3.05, 3.63) is 28.2 Å². The van der Waals surface area contributed by atoms with Crippen molar-refractivity contribution in [1.29, 1.82) is 0 Å². The highest BCUT2D eigenvalue weighted by Gasteiger charge is 2.25. The van der Waals surface area contributed by atoms with Gasteiger partial charge in [0.1, 0.15) is 15.7 Å². The lowest BCUT2D eigenvalue weighted by atomic mass is 10.1. The zero-order valence-corrected chi connectivity index (χ0v) is 18.7. The average molecular weight is 462 g/mol. The van der Waals surface area contributed by atoms with Crippen LogP contribution in [0.2, 0.25) is 0 Å². The molecule has 3 rings (SSSR count). The summed E-state index contributed by atoms with van der Waals surface area (Å²) >= 11 is 0. The first-order valence-electron chi connectivity index (χ1n) is 9.28. The number of piperidine rings is 1. The minimum absolute atomic E-state index is 0.0507. The van der Waals surface area contributed by atoms with E-state index >= 15 is 0 Å². The molecule has 0 spiro atoms. The van der Waals surface area contributed by atoms with E-state index in [-0.39, 0.29) is 11.6 Å². The maximum absolute atomic E-state index is 12.6. The number of aryl methyl sites for hydroxylation is 2. The Morgan fingerprint density at radius 3 is 2.66 bits per heavy atom. The summed E-state index contributed by atoms with van der Waals surface area (Å²) in [5.74, 6) is 0.687. The average Bonchev–Trinajstić information content (AvgIpc) is 2.65. The van der Waals surface area contributed by atoms with E-state index in [1.165, 1.54) is 10.6 Å². The van der Waals surface area contributed by atoms with Gasteiger partial charge in [-0.2, -0.15) is 4.98 Å². The summed E-state index contributed by atoms with van der Waals surface area (Å²) < 4.78 is 37.4. The Bertz CT molecular complexity index is 1080. The third kappa shape index (κ3) is 5.53. The van der Waals surface area contributed by atoms with E-state index in [0.29, 0.717) is 61.8 Å². The van der Waals surface area contributed by atoms with Crippen LogP contribution in [-0.2, 0) is 26.6 Å². The summed E-state index contributed by atoms with van der Waals surface area (Å²) in [7, 11) is 0.899. The number of nitrogens with one attached hydrogen (secondary N) is 1. The molecule has 1 fully saturated rings. The molecule has 2 aromatic rings. The molecular formula is C17H24ClN5O4S2. The van der Waals surface area contributed by atoms with Crippen LogP contribution >= 0.6 is 10.7 Å². The molecule has 0 saturated carbocycles. The molecule has 1 atom stereocenters. The normalized spacial score (nSPS) is 17.5. The second-order valence-corrected chi connectivity index (χ2v) is 11.2. The number of fused-ring (bicyclic) bond motifs is 1. The number of anilines is 1. The first kappa shape index (κ1) is 22.1. The number of aromatic nitrogens is 3. The van der Waals surface area contributed by atoms with Crippen LogP contribution in [0.3, 0.4) is 0 Å². The van der Waals surface area contributed by atoms with Crippen molar-refractivity contribution in [1.82, 2.24) is 18.8 Å². The molecule has 29 heavy (non-hydrogen) atoms. The summed E-state index contributed by atoms with van der Waals surface area (Å²) in [6, 6.07) is 1.80. The molecule has 1 aliphatic heterocycles. The lowest BCUT2D eigenvalue weighted by molar-refractivity contribution is 0.331. The van der Waals surface area contributed by atoms with Gasteiger partial charge >= 0.3 is 0 Å². The van der Waals surface area contributed by atoms with E-state index in [0.717, 1.165) is 5.39 Å². The molecule has 1 N–H and O–H groups in total. The Labute approximate surface area is 176 Å². The maximum Gasteiger partial charge on any atom is 0.255 e. The minimum atomic E-state index is -3.18. The van der Waals surface area contributed by atoms with Crippen LogP contribution in [0.4, 0.5) is 5.95 Å². The molecule has 0 bridgehead atoms. The highest BCUT2D eigenvalue weighted by Crippen LogP contribution is 2.18. The zero-order valence-electron chi connectivity index (χ0n) is 16.3. The van der Waals surface area contributed by atoms with Gasteiger partial charge in [0.25, 0.3) is 5.56 Å². The van der Waals surface area contributed by atoms with Crippen molar-refractivity contribution in [3.8, 4) is 0 Å². The van der Waals surface area contributed by atoms with Crippen molar-refractivity contribution in [2.45, 2.75) is 38.8 Å². The Hall–Kier alpha value is -1.56. The molecule has 160 valence electrons. The third-order valence-electron chi connectivity index (χ3n) is 4.95. The van der Waals surface area contributed by atoms with Crippen molar-refractivity contribution in [2.75, 3.05) is 30.4 Å². The van der Waals surface area contributed by atoms with Gasteiger partial charge in [0.05, 0.1) is 6.26 Å². The second kappa shape index (κ2) is 9.07. The number of rotatable bonds is 7. The minimum Gasteiger partial charge on any atom is -0.351 e. The number of nitrogens with zero attached hydrogens (tertiary/aromatic N) is 4. The number of hydrogen-bond acceptors (Lipinski definition) is 7. The fourth-order valence-electron chi connectivity index (χ4n) is 3.43. The van der Waals surface area contributed by atoms with Gasteiger partial charge in [-0.1, -0.05) is 0 Å². The smallest absolute Gasteiger partial charge is 0.255 e. The Morgan fingerprint density at radius 1 is 1.34 bits per heavy atom. The molecular weight excluding hydrogens is 438 g/mol. The van der Waals surface area contributed by atoms with Crippen LogP contribution in [0.25, 0.3) is 11.0 Å². The highest BCUT2D eigenvalue weighted by molar-refractivity contribution is 8.08. The lowest BCUT2D eigenvalue weighted by Crippen LogP contribution is -2.42. The van der Waals surface area contributed by atoms with Crippen molar-refractivity contribution in [3.63, 3.8) is 0 Å². The van der Waals surface area contributed by atoms with E-state index < -0.39 is 20.0 Å². The van der Waals surface area contributed by atoms with Gasteiger partial charge in [-0.3, -0.25) is 9.36 Å². The first-order valence-corrected chi connectivity index (χ1v) is 13.3. The lowest BCUT2D eigenvalue weighted by Gasteiger charge is -2.30.